The van der Waals surface area contributed by atoms with E-state index in [0.29, 0.717) is 31.3 Å². The van der Waals surface area contributed by atoms with E-state index >= 15 is 0 Å². The fourth-order valence-corrected chi connectivity index (χ4v) is 4.61. The van der Waals surface area contributed by atoms with E-state index in [0.717, 1.165) is 32.4 Å². The molecule has 4 rings (SSSR count). The van der Waals surface area contributed by atoms with Gasteiger partial charge in [0.1, 0.15) is 6.33 Å². The molecule has 170 valence electrons. The first kappa shape index (κ1) is 22.0. The normalized spacial score (nSPS) is 16.6. The number of aromatic nitrogens is 2. The van der Waals surface area contributed by atoms with Crippen LogP contribution < -0.4 is 15.1 Å². The Hall–Kier alpha value is -3.16. The summed E-state index contributed by atoms with van der Waals surface area (Å²) in [5, 5.41) is 15.2. The van der Waals surface area contributed by atoms with Gasteiger partial charge in [-0.15, -0.1) is 0 Å². The molecule has 1 saturated heterocycles. The lowest BCUT2D eigenvalue weighted by Gasteiger charge is -2.37. The maximum atomic E-state index is 12.0. The maximum absolute atomic E-state index is 12.0. The molecule has 2 aliphatic rings. The molecule has 0 unspecified atom stereocenters. The Morgan fingerprint density at radius 2 is 1.88 bits per heavy atom. The average Bonchev–Trinajstić information content (AvgIpc) is 2.81. The third-order valence-electron chi connectivity index (χ3n) is 6.61. The van der Waals surface area contributed by atoms with Crippen LogP contribution in [0.1, 0.15) is 43.2 Å². The maximum Gasteiger partial charge on any atom is 0.353 e. The molecule has 32 heavy (non-hydrogen) atoms. The third kappa shape index (κ3) is 4.84. The summed E-state index contributed by atoms with van der Waals surface area (Å²) in [6.45, 7) is 7.86. The second kappa shape index (κ2) is 9.97. The van der Waals surface area contributed by atoms with Gasteiger partial charge in [-0.2, -0.15) is 0 Å². The van der Waals surface area contributed by atoms with Crippen molar-refractivity contribution in [3.8, 4) is 0 Å². The van der Waals surface area contributed by atoms with Crippen LogP contribution in [0.2, 0.25) is 0 Å². The Bertz CT molecular complexity index is 998. The summed E-state index contributed by atoms with van der Waals surface area (Å²) in [7, 11) is 0. The number of benzene rings is 1. The van der Waals surface area contributed by atoms with Crippen molar-refractivity contribution in [2.75, 3.05) is 47.8 Å². The van der Waals surface area contributed by atoms with E-state index in [-0.39, 0.29) is 10.6 Å². The molecule has 8 nitrogen and oxygen atoms in total. The lowest BCUT2D eigenvalue weighted by Crippen LogP contribution is -2.47. The molecule has 1 aromatic heterocycles. The Morgan fingerprint density at radius 1 is 1.09 bits per heavy atom. The Labute approximate surface area is 189 Å². The lowest BCUT2D eigenvalue weighted by molar-refractivity contribution is -0.383. The molecule has 0 atom stereocenters. The number of hydrogen-bond donors (Lipinski definition) is 1. The number of aryl methyl sites for hydroxylation is 1. The zero-order chi connectivity index (χ0) is 22.5. The van der Waals surface area contributed by atoms with Crippen molar-refractivity contribution in [2.24, 2.45) is 0 Å². The molecule has 0 amide bonds. The van der Waals surface area contributed by atoms with Gasteiger partial charge in [-0.1, -0.05) is 23.8 Å². The molecule has 2 heterocycles. The fourth-order valence-electron chi connectivity index (χ4n) is 4.61. The van der Waals surface area contributed by atoms with Crippen LogP contribution in [0.3, 0.4) is 0 Å². The number of rotatable bonds is 7. The number of anilines is 3. The number of hydrogen-bond acceptors (Lipinski definition) is 7. The minimum atomic E-state index is -0.353. The third-order valence-corrected chi connectivity index (χ3v) is 6.61. The summed E-state index contributed by atoms with van der Waals surface area (Å²) < 4.78 is 0. The van der Waals surface area contributed by atoms with E-state index in [9.17, 15) is 10.1 Å². The van der Waals surface area contributed by atoms with E-state index in [4.69, 9.17) is 0 Å². The predicted molar refractivity (Wildman–Crippen MR) is 129 cm³/mol. The predicted octanol–water partition coefficient (Wildman–Crippen LogP) is 4.63. The first-order valence-electron chi connectivity index (χ1n) is 11.5. The first-order chi connectivity index (χ1) is 15.5. The largest absolute Gasteiger partial charge is 0.368 e. The van der Waals surface area contributed by atoms with Crippen LogP contribution in [0, 0.1) is 24.0 Å². The molecular formula is C24H32N6O2. The van der Waals surface area contributed by atoms with Crippen LogP contribution in [0.15, 0.2) is 36.2 Å². The van der Waals surface area contributed by atoms with E-state index in [2.05, 4.69) is 58.3 Å². The molecule has 0 bridgehead atoms. The minimum Gasteiger partial charge on any atom is -0.368 e. The van der Waals surface area contributed by atoms with Gasteiger partial charge >= 0.3 is 5.69 Å². The summed E-state index contributed by atoms with van der Waals surface area (Å²) in [5.41, 5.74) is 5.21. The van der Waals surface area contributed by atoms with E-state index < -0.39 is 0 Å². The van der Waals surface area contributed by atoms with Crippen molar-refractivity contribution in [1.29, 1.82) is 0 Å². The molecule has 1 aliphatic heterocycles. The highest BCUT2D eigenvalue weighted by Crippen LogP contribution is 2.33. The van der Waals surface area contributed by atoms with E-state index in [1.807, 2.05) is 4.90 Å². The van der Waals surface area contributed by atoms with Crippen molar-refractivity contribution in [3.63, 3.8) is 0 Å². The summed E-state index contributed by atoms with van der Waals surface area (Å²) in [6, 6.07) is 6.36. The highest BCUT2D eigenvalue weighted by Gasteiger charge is 2.29. The average molecular weight is 437 g/mol. The van der Waals surface area contributed by atoms with Gasteiger partial charge in [0.2, 0.25) is 11.6 Å². The summed E-state index contributed by atoms with van der Waals surface area (Å²) >= 11 is 0. The SMILES string of the molecule is Cc1cccc(N2CCN(c3ncnc(NCCC4=CCCCC4)c3[N+](=O)[O-])CC2)c1C. The standard InChI is InChI=1S/C24H32N6O2/c1-18-7-6-10-21(19(18)2)28-13-15-29(16-14-28)24-22(30(31)32)23(26-17-27-24)25-12-11-20-8-4-3-5-9-20/h6-8,10,17H,3-5,9,11-16H2,1-2H3,(H,25,26,27). The van der Waals surface area contributed by atoms with Gasteiger partial charge in [0.25, 0.3) is 0 Å². The van der Waals surface area contributed by atoms with E-state index in [1.165, 1.54) is 41.6 Å². The molecule has 2 aromatic rings. The van der Waals surface area contributed by atoms with Gasteiger partial charge in [-0.3, -0.25) is 10.1 Å². The van der Waals surface area contributed by atoms with Crippen LogP contribution in [0.4, 0.5) is 23.0 Å². The van der Waals surface area contributed by atoms with Crippen molar-refractivity contribution < 1.29 is 4.92 Å². The molecular weight excluding hydrogens is 404 g/mol. The van der Waals surface area contributed by atoms with Crippen LogP contribution in [-0.2, 0) is 0 Å². The monoisotopic (exact) mass is 436 g/mol. The molecule has 0 spiro atoms. The van der Waals surface area contributed by atoms with Gasteiger partial charge in [-0.25, -0.2) is 9.97 Å². The van der Waals surface area contributed by atoms with E-state index in [1.54, 1.807) is 0 Å². The quantitative estimate of drug-likeness (QED) is 0.385. The van der Waals surface area contributed by atoms with Gasteiger partial charge in [0.05, 0.1) is 4.92 Å². The number of nitro groups is 1. The van der Waals surface area contributed by atoms with Crippen LogP contribution >= 0.6 is 0 Å². The fraction of sp³-hybridized carbons (Fsp3) is 0.500. The second-order valence-electron chi connectivity index (χ2n) is 8.63. The zero-order valence-electron chi connectivity index (χ0n) is 19.0. The Balaban J connectivity index is 1.45. The Morgan fingerprint density at radius 3 is 2.59 bits per heavy atom. The molecule has 1 aromatic carbocycles. The summed E-state index contributed by atoms with van der Waals surface area (Å²) in [5.74, 6) is 0.721. The second-order valence-corrected chi connectivity index (χ2v) is 8.63. The highest BCUT2D eigenvalue weighted by molar-refractivity contribution is 5.71. The van der Waals surface area contributed by atoms with Crippen LogP contribution in [0.25, 0.3) is 0 Å². The number of allylic oxidation sites excluding steroid dienone is 1. The smallest absolute Gasteiger partial charge is 0.353 e. The van der Waals surface area contributed by atoms with Crippen molar-refractivity contribution in [1.82, 2.24) is 9.97 Å². The molecule has 1 aliphatic carbocycles. The van der Waals surface area contributed by atoms with Gasteiger partial charge in [-0.05, 0) is 63.1 Å². The topological polar surface area (TPSA) is 87.4 Å². The molecule has 1 fully saturated rings. The van der Waals surface area contributed by atoms with Crippen LogP contribution in [0.5, 0.6) is 0 Å². The molecule has 0 saturated carbocycles. The van der Waals surface area contributed by atoms with Crippen molar-refractivity contribution in [3.05, 3.63) is 57.4 Å². The lowest BCUT2D eigenvalue weighted by atomic mass is 9.97. The molecule has 1 N–H and O–H groups in total. The molecule has 0 radical (unpaired) electrons. The zero-order valence-corrected chi connectivity index (χ0v) is 19.0. The number of nitrogens with one attached hydrogen (secondary N) is 1. The number of nitrogens with zero attached hydrogens (tertiary/aromatic N) is 5. The molecule has 8 heteroatoms. The Kier molecular flexibility index (Phi) is 6.87. The number of piperazine rings is 1. The van der Waals surface area contributed by atoms with Gasteiger partial charge in [0.15, 0.2) is 0 Å². The minimum absolute atomic E-state index is 0.0229. The first-order valence-corrected chi connectivity index (χ1v) is 11.5. The van der Waals surface area contributed by atoms with Crippen molar-refractivity contribution in [2.45, 2.75) is 46.0 Å². The van der Waals surface area contributed by atoms with Crippen LogP contribution in [-0.4, -0.2) is 47.6 Å². The summed E-state index contributed by atoms with van der Waals surface area (Å²) in [4.78, 5) is 24.5. The highest BCUT2D eigenvalue weighted by atomic mass is 16.6. The van der Waals surface area contributed by atoms with Gasteiger partial charge < -0.3 is 15.1 Å². The van der Waals surface area contributed by atoms with Gasteiger partial charge in [0, 0.05) is 38.4 Å². The van der Waals surface area contributed by atoms with Crippen molar-refractivity contribution >= 4 is 23.0 Å². The summed E-state index contributed by atoms with van der Waals surface area (Å²) in [6.07, 6.45) is 9.39.